The van der Waals surface area contributed by atoms with Crippen LogP contribution < -0.4 is 16.4 Å². The third kappa shape index (κ3) is 7.73. The molecule has 0 saturated heterocycles. The van der Waals surface area contributed by atoms with E-state index in [-0.39, 0.29) is 19.4 Å². The second-order valence-corrected chi connectivity index (χ2v) is 6.44. The van der Waals surface area contributed by atoms with E-state index in [1.165, 1.54) is 31.2 Å². The highest BCUT2D eigenvalue weighted by Gasteiger charge is 2.28. The summed E-state index contributed by atoms with van der Waals surface area (Å²) in [5.74, 6) is -3.49. The maximum Gasteiger partial charge on any atom is 0.308 e. The Morgan fingerprint density at radius 1 is 1.11 bits per heavy atom. The van der Waals surface area contributed by atoms with E-state index in [1.54, 1.807) is 13.8 Å². The molecule has 0 spiro atoms. The number of rotatable bonds is 10. The van der Waals surface area contributed by atoms with Crippen LogP contribution in [0.15, 0.2) is 24.3 Å². The summed E-state index contributed by atoms with van der Waals surface area (Å²) in [6.07, 6.45) is 0.0495. The van der Waals surface area contributed by atoms with Crippen LogP contribution in [0.25, 0.3) is 0 Å². The SMILES string of the molecule is CCOC(=O)[C@@H](C)C[C@@H](NC(=O)[C@H](Cc1ccc(F)cc1)NC(C)=O)C(N)=O. The number of halogens is 1. The van der Waals surface area contributed by atoms with Crippen molar-refractivity contribution in [1.29, 1.82) is 0 Å². The first-order valence-electron chi connectivity index (χ1n) is 8.91. The van der Waals surface area contributed by atoms with Gasteiger partial charge >= 0.3 is 5.97 Å². The quantitative estimate of drug-likeness (QED) is 0.495. The molecule has 3 amide bonds. The Bertz CT molecular complexity index is 708. The van der Waals surface area contributed by atoms with Gasteiger partial charge in [0.05, 0.1) is 12.5 Å². The van der Waals surface area contributed by atoms with Gasteiger partial charge in [0.1, 0.15) is 17.9 Å². The number of hydrogen-bond acceptors (Lipinski definition) is 5. The van der Waals surface area contributed by atoms with Crippen LogP contribution in [0.1, 0.15) is 32.8 Å². The van der Waals surface area contributed by atoms with Crippen LogP contribution in [0.4, 0.5) is 4.39 Å². The number of carbonyl (C=O) groups is 4. The van der Waals surface area contributed by atoms with Crippen molar-refractivity contribution in [2.24, 2.45) is 11.7 Å². The topological polar surface area (TPSA) is 128 Å². The maximum absolute atomic E-state index is 13.1. The fourth-order valence-corrected chi connectivity index (χ4v) is 2.56. The molecule has 3 atom stereocenters. The summed E-state index contributed by atoms with van der Waals surface area (Å²) >= 11 is 0. The average Bonchev–Trinajstić information content (AvgIpc) is 2.61. The molecule has 8 nitrogen and oxygen atoms in total. The maximum atomic E-state index is 13.1. The number of esters is 1. The van der Waals surface area contributed by atoms with Gasteiger partial charge in [-0.3, -0.25) is 19.2 Å². The number of benzene rings is 1. The largest absolute Gasteiger partial charge is 0.466 e. The number of hydrogen-bond donors (Lipinski definition) is 3. The van der Waals surface area contributed by atoms with Crippen molar-refractivity contribution in [2.45, 2.75) is 45.7 Å². The Morgan fingerprint density at radius 3 is 2.21 bits per heavy atom. The zero-order valence-corrected chi connectivity index (χ0v) is 16.2. The van der Waals surface area contributed by atoms with Gasteiger partial charge in [-0.15, -0.1) is 0 Å². The predicted molar refractivity (Wildman–Crippen MR) is 99.2 cm³/mol. The summed E-state index contributed by atoms with van der Waals surface area (Å²) in [5, 5.41) is 4.97. The minimum absolute atomic E-state index is 0.0384. The van der Waals surface area contributed by atoms with Gasteiger partial charge in [0.15, 0.2) is 0 Å². The van der Waals surface area contributed by atoms with Crippen molar-refractivity contribution in [2.75, 3.05) is 6.61 Å². The van der Waals surface area contributed by atoms with Crippen LogP contribution in [-0.4, -0.2) is 42.4 Å². The van der Waals surface area contributed by atoms with Crippen molar-refractivity contribution in [3.05, 3.63) is 35.6 Å². The molecule has 1 aromatic carbocycles. The molecule has 9 heteroatoms. The van der Waals surface area contributed by atoms with E-state index in [4.69, 9.17) is 10.5 Å². The summed E-state index contributed by atoms with van der Waals surface area (Å²) in [6.45, 7) is 4.66. The molecule has 0 heterocycles. The molecular formula is C19H26FN3O5. The number of ether oxygens (including phenoxy) is 1. The smallest absolute Gasteiger partial charge is 0.308 e. The minimum atomic E-state index is -1.11. The predicted octanol–water partition coefficient (Wildman–Crippen LogP) is 0.432. The fraction of sp³-hybridized carbons (Fsp3) is 0.474. The number of primary amides is 1. The van der Waals surface area contributed by atoms with Gasteiger partial charge in [0.2, 0.25) is 17.7 Å². The van der Waals surface area contributed by atoms with Crippen LogP contribution >= 0.6 is 0 Å². The zero-order valence-electron chi connectivity index (χ0n) is 16.2. The van der Waals surface area contributed by atoms with E-state index in [0.717, 1.165) is 0 Å². The Morgan fingerprint density at radius 2 is 1.71 bits per heavy atom. The molecule has 0 radical (unpaired) electrons. The molecule has 0 aliphatic heterocycles. The molecule has 1 aromatic rings. The first-order chi connectivity index (χ1) is 13.1. The first-order valence-corrected chi connectivity index (χ1v) is 8.91. The molecule has 0 bridgehead atoms. The summed E-state index contributed by atoms with van der Waals surface area (Å²) in [7, 11) is 0. The van der Waals surface area contributed by atoms with Crippen molar-refractivity contribution in [1.82, 2.24) is 10.6 Å². The van der Waals surface area contributed by atoms with Crippen molar-refractivity contribution >= 4 is 23.7 Å². The molecule has 0 saturated carbocycles. The minimum Gasteiger partial charge on any atom is -0.466 e. The van der Waals surface area contributed by atoms with E-state index < -0.39 is 47.5 Å². The van der Waals surface area contributed by atoms with Gasteiger partial charge in [0.25, 0.3) is 0 Å². The number of amides is 3. The normalized spacial score (nSPS) is 13.7. The summed E-state index contributed by atoms with van der Waals surface area (Å²) < 4.78 is 17.9. The molecule has 154 valence electrons. The molecule has 0 unspecified atom stereocenters. The standard InChI is InChI=1S/C19H26FN3O5/c1-4-28-19(27)11(2)9-15(17(21)25)23-18(26)16(22-12(3)24)10-13-5-7-14(20)8-6-13/h5-8,11,15-16H,4,9-10H2,1-3H3,(H2,21,25)(H,22,24)(H,23,26)/t11-,15+,16-/m0/s1. The molecule has 0 aliphatic carbocycles. The Kier molecular flexibility index (Phi) is 9.07. The average molecular weight is 395 g/mol. The van der Waals surface area contributed by atoms with Crippen LogP contribution in [0.5, 0.6) is 0 Å². The van der Waals surface area contributed by atoms with E-state index in [2.05, 4.69) is 10.6 Å². The van der Waals surface area contributed by atoms with Crippen LogP contribution in [0.3, 0.4) is 0 Å². The molecule has 0 aliphatic rings. The fourth-order valence-electron chi connectivity index (χ4n) is 2.56. The van der Waals surface area contributed by atoms with E-state index in [9.17, 15) is 23.6 Å². The molecule has 1 rings (SSSR count). The Labute approximate surface area is 163 Å². The van der Waals surface area contributed by atoms with Gasteiger partial charge in [-0.1, -0.05) is 19.1 Å². The lowest BCUT2D eigenvalue weighted by atomic mass is 10.00. The summed E-state index contributed by atoms with van der Waals surface area (Å²) in [6, 6.07) is 3.35. The molecular weight excluding hydrogens is 369 g/mol. The van der Waals surface area contributed by atoms with Gasteiger partial charge in [-0.25, -0.2) is 4.39 Å². The van der Waals surface area contributed by atoms with E-state index >= 15 is 0 Å². The molecule has 28 heavy (non-hydrogen) atoms. The van der Waals surface area contributed by atoms with Crippen molar-refractivity contribution in [3.8, 4) is 0 Å². The monoisotopic (exact) mass is 395 g/mol. The Balaban J connectivity index is 2.86. The molecule has 0 aromatic heterocycles. The lowest BCUT2D eigenvalue weighted by Gasteiger charge is -2.23. The van der Waals surface area contributed by atoms with Crippen molar-refractivity contribution in [3.63, 3.8) is 0 Å². The van der Waals surface area contributed by atoms with Gasteiger partial charge < -0.3 is 21.1 Å². The number of nitrogens with two attached hydrogens (primary N) is 1. The third-order valence-electron chi connectivity index (χ3n) is 3.99. The van der Waals surface area contributed by atoms with Gasteiger partial charge in [-0.05, 0) is 31.0 Å². The number of nitrogens with one attached hydrogen (secondary N) is 2. The lowest BCUT2D eigenvalue weighted by Crippen LogP contribution is -2.54. The van der Waals surface area contributed by atoms with Crippen LogP contribution in [-0.2, 0) is 30.3 Å². The van der Waals surface area contributed by atoms with Crippen LogP contribution in [0, 0.1) is 11.7 Å². The van der Waals surface area contributed by atoms with Gasteiger partial charge in [-0.2, -0.15) is 0 Å². The molecule has 4 N–H and O–H groups in total. The second kappa shape index (κ2) is 11.0. The van der Waals surface area contributed by atoms with Crippen LogP contribution in [0.2, 0.25) is 0 Å². The highest BCUT2D eigenvalue weighted by atomic mass is 19.1. The van der Waals surface area contributed by atoms with E-state index in [1.807, 2.05) is 0 Å². The highest BCUT2D eigenvalue weighted by Crippen LogP contribution is 2.10. The summed E-state index contributed by atoms with van der Waals surface area (Å²) in [4.78, 5) is 47.6. The first kappa shape index (κ1) is 23.1. The lowest BCUT2D eigenvalue weighted by molar-refractivity contribution is -0.148. The summed E-state index contributed by atoms with van der Waals surface area (Å²) in [5.41, 5.74) is 5.96. The second-order valence-electron chi connectivity index (χ2n) is 6.44. The van der Waals surface area contributed by atoms with Gasteiger partial charge in [0, 0.05) is 13.3 Å². The third-order valence-corrected chi connectivity index (χ3v) is 3.99. The molecule has 0 fully saturated rings. The highest BCUT2D eigenvalue weighted by molar-refractivity contribution is 5.91. The Hall–Kier alpha value is -2.97. The number of carbonyl (C=O) groups excluding carboxylic acids is 4. The van der Waals surface area contributed by atoms with Crippen molar-refractivity contribution < 1.29 is 28.3 Å². The van der Waals surface area contributed by atoms with E-state index in [0.29, 0.717) is 5.56 Å². The zero-order chi connectivity index (χ0) is 21.3.